The zero-order valence-corrected chi connectivity index (χ0v) is 13.7. The van der Waals surface area contributed by atoms with E-state index >= 15 is 0 Å². The minimum Gasteiger partial charge on any atom is -0.382 e. The first-order chi connectivity index (χ1) is 12.7. The quantitative estimate of drug-likeness (QED) is 0.646. The highest BCUT2D eigenvalue weighted by Gasteiger charge is 2.10. The number of carbonyl (C=O) groups excluding carboxylic acids is 1. The summed E-state index contributed by atoms with van der Waals surface area (Å²) in [7, 11) is 0. The SMILES string of the molecule is N#Cc1cnc(C(=O)Nc2cccc(CNc3cccnc3N)c2)nc1. The van der Waals surface area contributed by atoms with Gasteiger partial charge in [-0.2, -0.15) is 5.26 Å². The van der Waals surface area contributed by atoms with Crippen LogP contribution < -0.4 is 16.4 Å². The van der Waals surface area contributed by atoms with Crippen molar-refractivity contribution in [3.63, 3.8) is 0 Å². The number of nitrogens with one attached hydrogen (secondary N) is 2. The van der Waals surface area contributed by atoms with E-state index in [4.69, 9.17) is 11.0 Å². The summed E-state index contributed by atoms with van der Waals surface area (Å²) in [5, 5.41) is 14.7. The average molecular weight is 345 g/mol. The van der Waals surface area contributed by atoms with E-state index in [1.54, 1.807) is 18.3 Å². The molecule has 0 spiro atoms. The number of nitriles is 1. The summed E-state index contributed by atoms with van der Waals surface area (Å²) in [6, 6.07) is 12.9. The molecule has 2 heterocycles. The van der Waals surface area contributed by atoms with Gasteiger partial charge in [-0.05, 0) is 29.8 Å². The number of hydrogen-bond donors (Lipinski definition) is 3. The van der Waals surface area contributed by atoms with Crippen LogP contribution in [0.15, 0.2) is 55.0 Å². The molecule has 3 rings (SSSR count). The van der Waals surface area contributed by atoms with Gasteiger partial charge < -0.3 is 16.4 Å². The van der Waals surface area contributed by atoms with Crippen molar-refractivity contribution < 1.29 is 4.79 Å². The molecule has 0 fully saturated rings. The van der Waals surface area contributed by atoms with Gasteiger partial charge in [0.15, 0.2) is 0 Å². The zero-order valence-electron chi connectivity index (χ0n) is 13.7. The summed E-state index contributed by atoms with van der Waals surface area (Å²) >= 11 is 0. The van der Waals surface area contributed by atoms with Gasteiger partial charge in [-0.3, -0.25) is 4.79 Å². The highest BCUT2D eigenvalue weighted by Crippen LogP contribution is 2.17. The first kappa shape index (κ1) is 16.9. The Morgan fingerprint density at radius 1 is 1.15 bits per heavy atom. The van der Waals surface area contributed by atoms with Crippen molar-refractivity contribution in [3.8, 4) is 6.07 Å². The molecule has 1 aromatic carbocycles. The molecule has 0 unspecified atom stereocenters. The predicted octanol–water partition coefficient (Wildman–Crippen LogP) is 2.19. The van der Waals surface area contributed by atoms with Crippen LogP contribution in [0, 0.1) is 11.3 Å². The van der Waals surface area contributed by atoms with Gasteiger partial charge >= 0.3 is 0 Å². The van der Waals surface area contributed by atoms with Crippen molar-refractivity contribution in [2.75, 3.05) is 16.4 Å². The van der Waals surface area contributed by atoms with Crippen molar-refractivity contribution in [2.45, 2.75) is 6.54 Å². The minimum absolute atomic E-state index is 0.00402. The Morgan fingerprint density at radius 3 is 2.69 bits per heavy atom. The Kier molecular flexibility index (Phi) is 5.00. The van der Waals surface area contributed by atoms with Crippen LogP contribution in [-0.4, -0.2) is 20.9 Å². The number of benzene rings is 1. The summed E-state index contributed by atoms with van der Waals surface area (Å²) in [5.41, 5.74) is 8.40. The molecule has 0 aliphatic carbocycles. The minimum atomic E-state index is -0.448. The Bertz CT molecular complexity index is 964. The number of amides is 1. The number of rotatable bonds is 5. The maximum atomic E-state index is 12.2. The lowest BCUT2D eigenvalue weighted by Gasteiger charge is -2.10. The number of aromatic nitrogens is 3. The first-order valence-corrected chi connectivity index (χ1v) is 7.72. The van der Waals surface area contributed by atoms with E-state index < -0.39 is 5.91 Å². The van der Waals surface area contributed by atoms with Gasteiger partial charge in [-0.1, -0.05) is 12.1 Å². The van der Waals surface area contributed by atoms with E-state index in [9.17, 15) is 4.79 Å². The lowest BCUT2D eigenvalue weighted by atomic mass is 10.2. The van der Waals surface area contributed by atoms with Crippen molar-refractivity contribution in [3.05, 3.63) is 71.9 Å². The Hall–Kier alpha value is -3.99. The van der Waals surface area contributed by atoms with Crippen LogP contribution in [0.5, 0.6) is 0 Å². The molecule has 0 atom stereocenters. The number of nitrogen functional groups attached to an aromatic ring is 1. The van der Waals surface area contributed by atoms with Crippen molar-refractivity contribution in [1.82, 2.24) is 15.0 Å². The van der Waals surface area contributed by atoms with Crippen LogP contribution in [0.2, 0.25) is 0 Å². The normalized spacial score (nSPS) is 9.96. The molecule has 0 saturated carbocycles. The number of nitrogens with zero attached hydrogens (tertiary/aromatic N) is 4. The van der Waals surface area contributed by atoms with Crippen LogP contribution in [0.3, 0.4) is 0 Å². The first-order valence-electron chi connectivity index (χ1n) is 7.72. The zero-order chi connectivity index (χ0) is 18.4. The molecule has 0 bridgehead atoms. The van der Waals surface area contributed by atoms with Crippen LogP contribution in [0.4, 0.5) is 17.2 Å². The molecule has 8 heteroatoms. The smallest absolute Gasteiger partial charge is 0.293 e. The topological polar surface area (TPSA) is 130 Å². The van der Waals surface area contributed by atoms with Gasteiger partial charge in [0.25, 0.3) is 5.91 Å². The predicted molar refractivity (Wildman–Crippen MR) is 97.1 cm³/mol. The molecule has 1 amide bonds. The molecule has 8 nitrogen and oxygen atoms in total. The highest BCUT2D eigenvalue weighted by molar-refractivity contribution is 6.01. The van der Waals surface area contributed by atoms with E-state index in [-0.39, 0.29) is 5.82 Å². The van der Waals surface area contributed by atoms with Gasteiger partial charge in [-0.15, -0.1) is 0 Å². The third-order valence-corrected chi connectivity index (χ3v) is 3.49. The molecule has 0 saturated heterocycles. The Balaban J connectivity index is 1.66. The number of pyridine rings is 1. The van der Waals surface area contributed by atoms with Gasteiger partial charge in [-0.25, -0.2) is 15.0 Å². The number of nitrogens with two attached hydrogens (primary N) is 1. The summed E-state index contributed by atoms with van der Waals surface area (Å²) in [4.78, 5) is 24.0. The fourth-order valence-electron chi connectivity index (χ4n) is 2.21. The highest BCUT2D eigenvalue weighted by atomic mass is 16.2. The molecule has 3 aromatic rings. The molecule has 4 N–H and O–H groups in total. The van der Waals surface area contributed by atoms with E-state index in [1.165, 1.54) is 12.4 Å². The van der Waals surface area contributed by atoms with Gasteiger partial charge in [0.2, 0.25) is 5.82 Å². The molecular formula is C18H15N7O. The number of carbonyl (C=O) groups is 1. The lowest BCUT2D eigenvalue weighted by Crippen LogP contribution is -2.15. The van der Waals surface area contributed by atoms with Crippen LogP contribution in [-0.2, 0) is 6.54 Å². The molecule has 0 aliphatic rings. The van der Waals surface area contributed by atoms with Gasteiger partial charge in [0, 0.05) is 30.8 Å². The van der Waals surface area contributed by atoms with Crippen molar-refractivity contribution >= 4 is 23.1 Å². The molecule has 26 heavy (non-hydrogen) atoms. The second-order valence-corrected chi connectivity index (χ2v) is 5.35. The fourth-order valence-corrected chi connectivity index (χ4v) is 2.21. The number of anilines is 3. The Morgan fingerprint density at radius 2 is 1.96 bits per heavy atom. The molecule has 2 aromatic heterocycles. The van der Waals surface area contributed by atoms with Crippen LogP contribution in [0.25, 0.3) is 0 Å². The van der Waals surface area contributed by atoms with E-state index in [0.717, 1.165) is 11.3 Å². The molecular weight excluding hydrogens is 330 g/mol. The van der Waals surface area contributed by atoms with E-state index in [1.807, 2.05) is 30.3 Å². The fraction of sp³-hybridized carbons (Fsp3) is 0.0556. The second kappa shape index (κ2) is 7.72. The lowest BCUT2D eigenvalue weighted by molar-refractivity contribution is 0.101. The summed E-state index contributed by atoms with van der Waals surface area (Å²) in [6.07, 6.45) is 4.24. The van der Waals surface area contributed by atoms with Crippen LogP contribution in [0.1, 0.15) is 21.7 Å². The third-order valence-electron chi connectivity index (χ3n) is 3.49. The maximum Gasteiger partial charge on any atom is 0.293 e. The summed E-state index contributed by atoms with van der Waals surface area (Å²) in [5.74, 6) is -0.0262. The molecule has 128 valence electrons. The average Bonchev–Trinajstić information content (AvgIpc) is 2.68. The largest absolute Gasteiger partial charge is 0.382 e. The summed E-state index contributed by atoms with van der Waals surface area (Å²) < 4.78 is 0. The van der Waals surface area contributed by atoms with Crippen LogP contribution >= 0.6 is 0 Å². The molecule has 0 radical (unpaired) electrons. The van der Waals surface area contributed by atoms with Gasteiger partial charge in [0.1, 0.15) is 11.9 Å². The van der Waals surface area contributed by atoms with Crippen molar-refractivity contribution in [1.29, 1.82) is 5.26 Å². The Labute approximate surface area is 149 Å². The second-order valence-electron chi connectivity index (χ2n) is 5.35. The van der Waals surface area contributed by atoms with E-state index in [2.05, 4.69) is 25.6 Å². The third kappa shape index (κ3) is 4.10. The van der Waals surface area contributed by atoms with E-state index in [0.29, 0.717) is 23.6 Å². The standard InChI is InChI=1S/C18H15N7O/c19-8-13-10-23-17(24-11-13)18(26)25-14-4-1-3-12(7-14)9-22-15-5-2-6-21-16(15)20/h1-7,10-11,22H,9H2,(H2,20,21)(H,25,26). The van der Waals surface area contributed by atoms with Gasteiger partial charge in [0.05, 0.1) is 11.3 Å². The number of hydrogen-bond acceptors (Lipinski definition) is 7. The maximum absolute atomic E-state index is 12.2. The monoisotopic (exact) mass is 345 g/mol. The van der Waals surface area contributed by atoms with Crippen molar-refractivity contribution in [2.24, 2.45) is 0 Å². The molecule has 0 aliphatic heterocycles. The summed E-state index contributed by atoms with van der Waals surface area (Å²) in [6.45, 7) is 0.521.